The molecular weight excluding hydrogens is 348 g/mol. The molecule has 5 rings (SSSR count). The third-order valence-electron chi connectivity index (χ3n) is 7.88. The largest absolute Gasteiger partial charge is 0.508 e. The van der Waals surface area contributed by atoms with Crippen LogP contribution < -0.4 is 0 Å². The molecule has 28 heavy (non-hydrogen) atoms. The van der Waals surface area contributed by atoms with Crippen LogP contribution in [0, 0.1) is 17.3 Å². The summed E-state index contributed by atoms with van der Waals surface area (Å²) in [4.78, 5) is 12.6. The number of phenolic OH excluding ortho intramolecular Hbond substituents is 1. The number of benzene rings is 2. The number of aromatic hydroxyl groups is 1. The summed E-state index contributed by atoms with van der Waals surface area (Å²) >= 11 is 0. The van der Waals surface area contributed by atoms with Gasteiger partial charge in [-0.3, -0.25) is 0 Å². The van der Waals surface area contributed by atoms with Gasteiger partial charge in [-0.1, -0.05) is 31.2 Å². The lowest BCUT2D eigenvalue weighted by Crippen LogP contribution is -2.45. The second kappa shape index (κ2) is 6.65. The zero-order valence-corrected chi connectivity index (χ0v) is 16.4. The van der Waals surface area contributed by atoms with Crippen molar-refractivity contribution >= 4 is 5.97 Å². The van der Waals surface area contributed by atoms with E-state index in [0.29, 0.717) is 29.1 Å². The first-order valence-electron chi connectivity index (χ1n) is 10.6. The molecular formula is C25H28O3. The maximum atomic E-state index is 12.6. The predicted octanol–water partition coefficient (Wildman–Crippen LogP) is 5.47. The summed E-state index contributed by atoms with van der Waals surface area (Å²) in [5.74, 6) is 2.06. The molecule has 2 fully saturated rings. The number of fused-ring (bicyclic) bond motifs is 5. The van der Waals surface area contributed by atoms with Crippen LogP contribution in [-0.4, -0.2) is 17.2 Å². The summed E-state index contributed by atoms with van der Waals surface area (Å²) in [7, 11) is 0. The van der Waals surface area contributed by atoms with Gasteiger partial charge in [0, 0.05) is 5.41 Å². The van der Waals surface area contributed by atoms with Crippen LogP contribution in [0.3, 0.4) is 0 Å². The van der Waals surface area contributed by atoms with E-state index in [1.54, 1.807) is 0 Å². The van der Waals surface area contributed by atoms with E-state index in [0.717, 1.165) is 32.1 Å². The molecule has 5 atom stereocenters. The number of phenols is 1. The predicted molar refractivity (Wildman–Crippen MR) is 108 cm³/mol. The van der Waals surface area contributed by atoms with E-state index in [2.05, 4.69) is 13.0 Å². The maximum absolute atomic E-state index is 12.6. The first-order chi connectivity index (χ1) is 13.6. The first kappa shape index (κ1) is 17.8. The van der Waals surface area contributed by atoms with Crippen molar-refractivity contribution < 1.29 is 14.6 Å². The molecule has 2 aromatic rings. The Kier molecular flexibility index (Phi) is 4.22. The van der Waals surface area contributed by atoms with Crippen molar-refractivity contribution in [3.8, 4) is 5.75 Å². The molecule has 2 saturated carbocycles. The highest BCUT2D eigenvalue weighted by Crippen LogP contribution is 2.61. The van der Waals surface area contributed by atoms with Crippen molar-refractivity contribution in [3.63, 3.8) is 0 Å². The monoisotopic (exact) mass is 376 g/mol. The average molecular weight is 376 g/mol. The molecule has 0 aliphatic heterocycles. The van der Waals surface area contributed by atoms with E-state index in [9.17, 15) is 9.90 Å². The number of ether oxygens (including phenoxy) is 1. The van der Waals surface area contributed by atoms with E-state index < -0.39 is 0 Å². The SMILES string of the molecule is C[C@]12CC[C@@H]3c4ccc(O)cc4CC[C@H]3[C@@H]1CCC2OC(=O)c1ccccc1. The van der Waals surface area contributed by atoms with Crippen LogP contribution in [-0.2, 0) is 11.2 Å². The summed E-state index contributed by atoms with van der Waals surface area (Å²) in [6.45, 7) is 2.36. The molecule has 0 saturated heterocycles. The van der Waals surface area contributed by atoms with Gasteiger partial charge in [0.15, 0.2) is 0 Å². The van der Waals surface area contributed by atoms with Crippen LogP contribution in [0.15, 0.2) is 48.5 Å². The Morgan fingerprint density at radius 2 is 1.89 bits per heavy atom. The Balaban J connectivity index is 1.37. The van der Waals surface area contributed by atoms with E-state index >= 15 is 0 Å². The van der Waals surface area contributed by atoms with Crippen molar-refractivity contribution in [3.05, 3.63) is 65.2 Å². The quantitative estimate of drug-likeness (QED) is 0.707. The van der Waals surface area contributed by atoms with E-state index in [4.69, 9.17) is 4.74 Å². The molecule has 3 aliphatic rings. The van der Waals surface area contributed by atoms with Gasteiger partial charge in [-0.15, -0.1) is 0 Å². The lowest BCUT2D eigenvalue weighted by atomic mass is 9.55. The van der Waals surface area contributed by atoms with Crippen molar-refractivity contribution in [1.82, 2.24) is 0 Å². The van der Waals surface area contributed by atoms with Gasteiger partial charge in [0.05, 0.1) is 5.56 Å². The van der Waals surface area contributed by atoms with Gasteiger partial charge in [-0.2, -0.15) is 0 Å². The average Bonchev–Trinajstić information content (AvgIpc) is 3.04. The first-order valence-corrected chi connectivity index (χ1v) is 10.6. The molecule has 3 aliphatic carbocycles. The van der Waals surface area contributed by atoms with Crippen molar-refractivity contribution in [2.75, 3.05) is 0 Å². The Morgan fingerprint density at radius 1 is 1.07 bits per heavy atom. The Labute approximate surface area is 166 Å². The van der Waals surface area contributed by atoms with Crippen LogP contribution >= 0.6 is 0 Å². The third kappa shape index (κ3) is 2.75. The van der Waals surface area contributed by atoms with Crippen LogP contribution in [0.25, 0.3) is 0 Å². The normalized spacial score (nSPS) is 33.5. The minimum Gasteiger partial charge on any atom is -0.508 e. The summed E-state index contributed by atoms with van der Waals surface area (Å²) in [6.07, 6.45) is 6.63. The topological polar surface area (TPSA) is 46.5 Å². The van der Waals surface area contributed by atoms with Crippen LogP contribution in [0.1, 0.15) is 66.4 Å². The lowest BCUT2D eigenvalue weighted by molar-refractivity contribution is -0.0427. The fourth-order valence-corrected chi connectivity index (χ4v) is 6.49. The molecule has 0 amide bonds. The molecule has 0 spiro atoms. The van der Waals surface area contributed by atoms with Gasteiger partial charge < -0.3 is 9.84 Å². The zero-order valence-electron chi connectivity index (χ0n) is 16.4. The third-order valence-corrected chi connectivity index (χ3v) is 7.88. The summed E-state index contributed by atoms with van der Waals surface area (Å²) in [6, 6.07) is 15.3. The van der Waals surface area contributed by atoms with Crippen LogP contribution in [0.4, 0.5) is 0 Å². The highest BCUT2D eigenvalue weighted by atomic mass is 16.5. The molecule has 1 unspecified atom stereocenters. The number of rotatable bonds is 2. The molecule has 3 nitrogen and oxygen atoms in total. The van der Waals surface area contributed by atoms with Gasteiger partial charge >= 0.3 is 5.97 Å². The summed E-state index contributed by atoms with van der Waals surface area (Å²) < 4.78 is 6.06. The van der Waals surface area contributed by atoms with E-state index in [-0.39, 0.29) is 17.5 Å². The minimum absolute atomic E-state index is 0.0207. The smallest absolute Gasteiger partial charge is 0.338 e. The molecule has 1 N–H and O–H groups in total. The number of hydrogen-bond acceptors (Lipinski definition) is 3. The fraction of sp³-hybridized carbons (Fsp3) is 0.480. The van der Waals surface area contributed by atoms with Crippen molar-refractivity contribution in [1.29, 1.82) is 0 Å². The van der Waals surface area contributed by atoms with Crippen LogP contribution in [0.5, 0.6) is 5.75 Å². The maximum Gasteiger partial charge on any atom is 0.338 e. The molecule has 146 valence electrons. The summed E-state index contributed by atoms with van der Waals surface area (Å²) in [5, 5.41) is 9.84. The van der Waals surface area contributed by atoms with E-state index in [1.165, 1.54) is 17.5 Å². The van der Waals surface area contributed by atoms with Gasteiger partial charge in [-0.25, -0.2) is 4.79 Å². The molecule has 2 aromatic carbocycles. The number of aryl methyl sites for hydroxylation is 1. The minimum atomic E-state index is -0.181. The highest BCUT2D eigenvalue weighted by Gasteiger charge is 2.56. The van der Waals surface area contributed by atoms with E-state index in [1.807, 2.05) is 42.5 Å². The summed E-state index contributed by atoms with van der Waals surface area (Å²) in [5.41, 5.74) is 3.51. The Bertz CT molecular complexity index is 890. The van der Waals surface area contributed by atoms with Crippen LogP contribution in [0.2, 0.25) is 0 Å². The number of esters is 1. The van der Waals surface area contributed by atoms with Gasteiger partial charge in [-0.05, 0) is 91.7 Å². The molecule has 0 heterocycles. The fourth-order valence-electron chi connectivity index (χ4n) is 6.49. The lowest BCUT2D eigenvalue weighted by Gasteiger charge is -2.50. The number of carbonyl (C=O) groups is 1. The second-order valence-electron chi connectivity index (χ2n) is 9.18. The second-order valence-corrected chi connectivity index (χ2v) is 9.18. The molecule has 0 bridgehead atoms. The molecule has 0 aromatic heterocycles. The number of hydrogen-bond donors (Lipinski definition) is 1. The van der Waals surface area contributed by atoms with Gasteiger partial charge in [0.25, 0.3) is 0 Å². The number of carbonyl (C=O) groups excluding carboxylic acids is 1. The molecule has 0 radical (unpaired) electrons. The Hall–Kier alpha value is -2.29. The standard InChI is InChI=1S/C25H28O3/c1-25-14-13-20-19-10-8-18(26)15-17(19)7-9-21(20)22(25)11-12-23(25)28-24(27)16-5-3-2-4-6-16/h2-6,8,10,15,20-23,26H,7,9,11-14H2,1H3/t20-,21-,22+,23?,25+/m1/s1. The highest BCUT2D eigenvalue weighted by molar-refractivity contribution is 5.89. The van der Waals surface area contributed by atoms with Crippen molar-refractivity contribution in [2.45, 2.75) is 57.5 Å². The van der Waals surface area contributed by atoms with Gasteiger partial charge in [0.1, 0.15) is 11.9 Å². The molecule has 3 heteroatoms. The van der Waals surface area contributed by atoms with Crippen molar-refractivity contribution in [2.24, 2.45) is 17.3 Å². The zero-order chi connectivity index (χ0) is 19.3. The Morgan fingerprint density at radius 3 is 2.71 bits per heavy atom. The van der Waals surface area contributed by atoms with Gasteiger partial charge in [0.2, 0.25) is 0 Å².